The summed E-state index contributed by atoms with van der Waals surface area (Å²) in [5, 5.41) is 0.268. The van der Waals surface area contributed by atoms with E-state index in [1.54, 1.807) is 4.90 Å². The molecule has 2 fully saturated rings. The van der Waals surface area contributed by atoms with E-state index in [0.717, 1.165) is 57.3 Å². The van der Waals surface area contributed by atoms with Crippen LogP contribution in [0.5, 0.6) is 0 Å². The Hall–Kier alpha value is -2.72. The summed E-state index contributed by atoms with van der Waals surface area (Å²) in [6.07, 6.45) is 6.89. The number of hydrogen-bond acceptors (Lipinski definition) is 6. The van der Waals surface area contributed by atoms with Crippen LogP contribution in [-0.4, -0.2) is 65.2 Å². The number of likely N-dealkylation sites (tertiary alicyclic amines) is 1. The quantitative estimate of drug-likeness (QED) is 0.625. The van der Waals surface area contributed by atoms with Crippen LogP contribution in [0.15, 0.2) is 36.7 Å². The summed E-state index contributed by atoms with van der Waals surface area (Å²) in [5.41, 5.74) is 5.14. The number of ether oxygens (including phenoxy) is 1. The first-order valence-electron chi connectivity index (χ1n) is 12.2. The fourth-order valence-electron chi connectivity index (χ4n) is 5.69. The van der Waals surface area contributed by atoms with E-state index in [4.69, 9.17) is 10.5 Å². The van der Waals surface area contributed by atoms with Gasteiger partial charge in [0, 0.05) is 24.5 Å². The monoisotopic (exact) mass is 489 g/mol. The predicted octanol–water partition coefficient (Wildman–Crippen LogP) is 3.53. The minimum absolute atomic E-state index is 0.0559. The van der Waals surface area contributed by atoms with Crippen molar-refractivity contribution in [1.29, 1.82) is 0 Å². The summed E-state index contributed by atoms with van der Waals surface area (Å²) in [7, 11) is 0. The second-order valence-electron chi connectivity index (χ2n) is 9.78. The van der Waals surface area contributed by atoms with Crippen molar-refractivity contribution in [2.24, 2.45) is 11.7 Å². The highest BCUT2D eigenvalue weighted by atomic mass is 19.4. The van der Waals surface area contributed by atoms with Crippen LogP contribution in [0.2, 0.25) is 0 Å². The first-order valence-corrected chi connectivity index (χ1v) is 12.2. The molecule has 2 N–H and O–H groups in total. The first-order chi connectivity index (χ1) is 16.8. The molecule has 5 rings (SSSR count). The number of carbonyl (C=O) groups excluding carboxylic acids is 1. The predicted molar refractivity (Wildman–Crippen MR) is 126 cm³/mol. The number of hydrogen-bond donors (Lipinski definition) is 1. The van der Waals surface area contributed by atoms with Crippen LogP contribution >= 0.6 is 0 Å². The van der Waals surface area contributed by atoms with Crippen molar-refractivity contribution < 1.29 is 22.7 Å². The average Bonchev–Trinajstić information content (AvgIpc) is 2.82. The summed E-state index contributed by atoms with van der Waals surface area (Å²) >= 11 is 0. The van der Waals surface area contributed by atoms with Gasteiger partial charge in [0.1, 0.15) is 12.1 Å². The number of amides is 1. The van der Waals surface area contributed by atoms with Crippen LogP contribution in [0.3, 0.4) is 0 Å². The van der Waals surface area contributed by atoms with Crippen LogP contribution in [0.1, 0.15) is 37.7 Å². The van der Waals surface area contributed by atoms with Crippen molar-refractivity contribution in [1.82, 2.24) is 14.9 Å². The van der Waals surface area contributed by atoms with Crippen molar-refractivity contribution in [2.75, 3.05) is 31.1 Å². The van der Waals surface area contributed by atoms with Crippen LogP contribution in [0, 0.1) is 5.92 Å². The summed E-state index contributed by atoms with van der Waals surface area (Å²) in [6.45, 7) is 2.03. The first kappa shape index (κ1) is 24.0. The number of nitrogens with zero attached hydrogens (tertiary/aromatic N) is 4. The second-order valence-corrected chi connectivity index (χ2v) is 9.78. The molecule has 35 heavy (non-hydrogen) atoms. The van der Waals surface area contributed by atoms with E-state index in [0.29, 0.717) is 36.0 Å². The third kappa shape index (κ3) is 5.13. The Morgan fingerprint density at radius 1 is 1.14 bits per heavy atom. The number of carbonyl (C=O) groups is 1. The van der Waals surface area contributed by atoms with Crippen LogP contribution < -0.4 is 10.6 Å². The molecule has 1 unspecified atom stereocenters. The van der Waals surface area contributed by atoms with Gasteiger partial charge < -0.3 is 15.4 Å². The fourth-order valence-corrected chi connectivity index (χ4v) is 5.69. The number of primary amides is 1. The van der Waals surface area contributed by atoms with Crippen molar-refractivity contribution in [2.45, 2.75) is 56.5 Å². The lowest BCUT2D eigenvalue weighted by Crippen LogP contribution is -2.64. The highest BCUT2D eigenvalue weighted by molar-refractivity contribution is 5.92. The van der Waals surface area contributed by atoms with Gasteiger partial charge in [-0.1, -0.05) is 12.2 Å². The normalized spacial score (nSPS) is 26.0. The zero-order chi connectivity index (χ0) is 24.6. The third-order valence-electron chi connectivity index (χ3n) is 7.60. The number of benzene rings is 1. The Balaban J connectivity index is 1.28. The molecule has 0 spiro atoms. The Morgan fingerprint density at radius 3 is 2.57 bits per heavy atom. The molecule has 2 aliphatic heterocycles. The minimum atomic E-state index is -4.49. The Labute approximate surface area is 202 Å². The third-order valence-corrected chi connectivity index (χ3v) is 7.60. The lowest BCUT2D eigenvalue weighted by atomic mass is 9.80. The van der Waals surface area contributed by atoms with Gasteiger partial charge in [0.05, 0.1) is 36.4 Å². The summed E-state index contributed by atoms with van der Waals surface area (Å²) in [4.78, 5) is 24.4. The summed E-state index contributed by atoms with van der Waals surface area (Å²) < 4.78 is 46.0. The highest BCUT2D eigenvalue weighted by Gasteiger charge is 2.40. The molecular formula is C25H30F3N5O2. The van der Waals surface area contributed by atoms with E-state index in [1.807, 2.05) is 0 Å². The number of aromatic nitrogens is 2. The molecule has 1 aliphatic carbocycles. The van der Waals surface area contributed by atoms with E-state index in [-0.39, 0.29) is 18.0 Å². The van der Waals surface area contributed by atoms with Gasteiger partial charge in [0.2, 0.25) is 5.91 Å². The van der Waals surface area contributed by atoms with Crippen molar-refractivity contribution in [3.63, 3.8) is 0 Å². The van der Waals surface area contributed by atoms with Crippen LogP contribution in [-0.2, 0) is 15.7 Å². The molecule has 1 saturated carbocycles. The molecule has 7 nitrogen and oxygen atoms in total. The van der Waals surface area contributed by atoms with Gasteiger partial charge in [-0.3, -0.25) is 9.69 Å². The smallest absolute Gasteiger partial charge is 0.374 e. The Kier molecular flexibility index (Phi) is 6.67. The van der Waals surface area contributed by atoms with Crippen molar-refractivity contribution in [3.8, 4) is 0 Å². The molecule has 1 atom stereocenters. The van der Waals surface area contributed by atoms with Gasteiger partial charge in [-0.05, 0) is 56.2 Å². The maximum absolute atomic E-state index is 13.4. The maximum atomic E-state index is 13.4. The number of alkyl halides is 3. The van der Waals surface area contributed by atoms with Gasteiger partial charge in [0.25, 0.3) is 0 Å². The number of nitrogens with two attached hydrogens (primary N) is 1. The molecule has 3 heterocycles. The molecule has 1 aromatic carbocycles. The molecule has 1 amide bonds. The van der Waals surface area contributed by atoms with E-state index in [1.165, 1.54) is 12.4 Å². The lowest BCUT2D eigenvalue weighted by Gasteiger charge is -2.50. The molecule has 2 aromatic rings. The molecule has 3 aliphatic rings. The van der Waals surface area contributed by atoms with Gasteiger partial charge in [-0.15, -0.1) is 0 Å². The molecule has 10 heteroatoms. The van der Waals surface area contributed by atoms with Gasteiger partial charge >= 0.3 is 6.18 Å². The largest absolute Gasteiger partial charge is 0.416 e. The van der Waals surface area contributed by atoms with E-state index >= 15 is 0 Å². The topological polar surface area (TPSA) is 84.6 Å². The SMILES string of the molecule is NC(=O)CN(c1ncnc2ccc(C(F)(F)F)cc12)C1CN(C2CCC(C3CC=CCO3)CC2)C1. The lowest BCUT2D eigenvalue weighted by molar-refractivity contribution is -0.137. The van der Waals surface area contributed by atoms with Crippen molar-refractivity contribution in [3.05, 3.63) is 42.2 Å². The van der Waals surface area contributed by atoms with Crippen LogP contribution in [0.25, 0.3) is 10.9 Å². The van der Waals surface area contributed by atoms with Gasteiger partial charge in [0.15, 0.2) is 0 Å². The Morgan fingerprint density at radius 2 is 1.91 bits per heavy atom. The molecule has 188 valence electrons. The molecule has 1 saturated heterocycles. The number of anilines is 1. The zero-order valence-electron chi connectivity index (χ0n) is 19.5. The zero-order valence-corrected chi connectivity index (χ0v) is 19.5. The van der Waals surface area contributed by atoms with Crippen LogP contribution in [0.4, 0.5) is 19.0 Å². The second kappa shape index (κ2) is 9.73. The van der Waals surface area contributed by atoms with Gasteiger partial charge in [-0.25, -0.2) is 9.97 Å². The standard InChI is InChI=1S/C25H30F3N5O2/c26-25(27,28)17-6-9-21-20(11-17)24(31-15-30-21)33(14-23(29)34)19-12-32(13-19)18-7-4-16(5-8-18)22-3-1-2-10-35-22/h1-2,6,9,11,15-16,18-19,22H,3-5,7-8,10,12-14H2,(H2,29,34). The van der Waals surface area contributed by atoms with E-state index < -0.39 is 17.6 Å². The van der Waals surface area contributed by atoms with Crippen molar-refractivity contribution >= 4 is 22.6 Å². The molecule has 0 radical (unpaired) electrons. The van der Waals surface area contributed by atoms with Gasteiger partial charge in [-0.2, -0.15) is 13.2 Å². The summed E-state index contributed by atoms with van der Waals surface area (Å²) in [6, 6.07) is 3.81. The number of halogens is 3. The molecule has 0 bridgehead atoms. The highest BCUT2D eigenvalue weighted by Crippen LogP contribution is 2.37. The molecule has 1 aromatic heterocycles. The minimum Gasteiger partial charge on any atom is -0.374 e. The number of fused-ring (bicyclic) bond motifs is 1. The number of rotatable bonds is 6. The fraction of sp³-hybridized carbons (Fsp3) is 0.560. The molecular weight excluding hydrogens is 459 g/mol. The Bertz CT molecular complexity index is 1090. The van der Waals surface area contributed by atoms with E-state index in [2.05, 4.69) is 27.0 Å². The summed E-state index contributed by atoms with van der Waals surface area (Å²) in [5.74, 6) is 0.356. The van der Waals surface area contributed by atoms with E-state index in [9.17, 15) is 18.0 Å². The average molecular weight is 490 g/mol. The maximum Gasteiger partial charge on any atom is 0.416 e.